The summed E-state index contributed by atoms with van der Waals surface area (Å²) in [7, 11) is -0.367. The minimum absolute atomic E-state index is 0.0960. The van der Waals surface area contributed by atoms with E-state index in [1.807, 2.05) is 0 Å². The lowest BCUT2D eigenvalue weighted by molar-refractivity contribution is 0.286. The summed E-state index contributed by atoms with van der Waals surface area (Å²) in [5.74, 6) is 0. The molecule has 96 valence electrons. The summed E-state index contributed by atoms with van der Waals surface area (Å²) in [4.78, 5) is 0. The summed E-state index contributed by atoms with van der Waals surface area (Å²) in [6.45, 7) is 15.6. The van der Waals surface area contributed by atoms with Crippen molar-refractivity contribution in [1.82, 2.24) is 17.6 Å². The summed E-state index contributed by atoms with van der Waals surface area (Å²) in [6.07, 6.45) is 0. The van der Waals surface area contributed by atoms with Crippen molar-refractivity contribution in [1.29, 1.82) is 0 Å². The van der Waals surface area contributed by atoms with Gasteiger partial charge in [-0.25, -0.2) is 0 Å². The van der Waals surface area contributed by atoms with Crippen LogP contribution in [0, 0.1) is 0 Å². The summed E-state index contributed by atoms with van der Waals surface area (Å²) in [6, 6.07) is 0. The highest BCUT2D eigenvalue weighted by Gasteiger charge is 2.20. The molecular weight excluding hydrogens is 248 g/mol. The van der Waals surface area contributed by atoms with Crippen molar-refractivity contribution in [2.75, 3.05) is 32.8 Å². The second kappa shape index (κ2) is 7.75. The predicted octanol–water partition coefficient (Wildman–Crippen LogP) is -1.76. The van der Waals surface area contributed by atoms with E-state index < -0.39 is 0 Å². The largest absolute Gasteiger partial charge is 0.332 e. The van der Waals surface area contributed by atoms with Gasteiger partial charge < -0.3 is 17.6 Å². The van der Waals surface area contributed by atoms with E-state index in [9.17, 15) is 0 Å². The van der Waals surface area contributed by atoms with Crippen molar-refractivity contribution in [3.63, 3.8) is 0 Å². The molecule has 0 aliphatic carbocycles. The van der Waals surface area contributed by atoms with Crippen molar-refractivity contribution < 1.29 is 0 Å². The number of hydrogen-bond donors (Lipinski definition) is 0. The zero-order valence-corrected chi connectivity index (χ0v) is 15.7. The number of rotatable bonds is 4. The Hall–Kier alpha value is 0.491. The molecule has 0 spiro atoms. The van der Waals surface area contributed by atoms with E-state index in [2.05, 4.69) is 45.3 Å². The molecule has 0 radical (unpaired) electrons. The molecule has 1 fully saturated rings. The second-order valence-corrected chi connectivity index (χ2v) is 12.5. The van der Waals surface area contributed by atoms with Crippen LogP contribution in [0.2, 0.25) is 0 Å². The van der Waals surface area contributed by atoms with Crippen molar-refractivity contribution in [3.8, 4) is 0 Å². The lowest BCUT2D eigenvalue weighted by atomic mass is 10.7. The molecule has 0 amide bonds. The fraction of sp³-hybridized carbons (Fsp3) is 1.00. The van der Waals surface area contributed by atoms with Gasteiger partial charge in [0.15, 0.2) is 29.5 Å². The third-order valence-corrected chi connectivity index (χ3v) is 11.3. The average Bonchev–Trinajstić information content (AvgIpc) is 2.29. The molecule has 1 rings (SSSR count). The zero-order valence-electron chi connectivity index (χ0n) is 11.4. The van der Waals surface area contributed by atoms with Gasteiger partial charge in [0, 0.05) is 6.67 Å². The second-order valence-electron chi connectivity index (χ2n) is 4.51. The molecule has 0 aromatic rings. The van der Waals surface area contributed by atoms with E-state index in [4.69, 9.17) is 0 Å². The SMILES string of the molecule is CCN1CN(CC)[SiH2]N(CC)[SiH2]N(CC)[SiH2]1. The highest BCUT2D eigenvalue weighted by molar-refractivity contribution is 6.55. The maximum atomic E-state index is 2.83. The molecular formula is C9H28N4Si3. The van der Waals surface area contributed by atoms with Crippen LogP contribution in [-0.2, 0) is 0 Å². The molecule has 0 atom stereocenters. The normalized spacial score (nSPS) is 27.8. The van der Waals surface area contributed by atoms with Crippen LogP contribution in [0.15, 0.2) is 0 Å². The van der Waals surface area contributed by atoms with Gasteiger partial charge in [0.2, 0.25) is 0 Å². The maximum absolute atomic E-state index is 2.83. The first-order chi connectivity index (χ1) is 7.73. The zero-order chi connectivity index (χ0) is 12.0. The maximum Gasteiger partial charge on any atom is 0.167 e. The Morgan fingerprint density at radius 1 is 0.688 bits per heavy atom. The topological polar surface area (TPSA) is 13.0 Å². The predicted molar refractivity (Wildman–Crippen MR) is 80.0 cm³/mol. The van der Waals surface area contributed by atoms with Crippen molar-refractivity contribution in [2.45, 2.75) is 27.7 Å². The molecule has 0 aromatic carbocycles. The molecule has 0 aromatic heterocycles. The molecule has 7 heteroatoms. The molecule has 1 saturated heterocycles. The van der Waals surface area contributed by atoms with Crippen molar-refractivity contribution >= 4 is 29.5 Å². The number of hydrogen-bond acceptors (Lipinski definition) is 4. The molecule has 0 N–H and O–H groups in total. The van der Waals surface area contributed by atoms with Crippen molar-refractivity contribution in [2.24, 2.45) is 0 Å². The monoisotopic (exact) mass is 276 g/mol. The van der Waals surface area contributed by atoms with Gasteiger partial charge in [-0.3, -0.25) is 0 Å². The Kier molecular flexibility index (Phi) is 7.05. The third-order valence-electron chi connectivity index (χ3n) is 3.39. The van der Waals surface area contributed by atoms with E-state index in [0.29, 0.717) is 0 Å². The fourth-order valence-electron chi connectivity index (χ4n) is 2.11. The summed E-state index contributed by atoms with van der Waals surface area (Å²) < 4.78 is 11.1. The minimum atomic E-state index is -0.135. The molecule has 0 unspecified atom stereocenters. The van der Waals surface area contributed by atoms with Gasteiger partial charge >= 0.3 is 0 Å². The van der Waals surface area contributed by atoms with Gasteiger partial charge in [-0.1, -0.05) is 27.7 Å². The standard InChI is InChI=1S/C9H28N4Si3/c1-5-10-9-11(6-2)15-13(8-4)16-12(7-3)14-10/h5-9,14-16H2,1-4H3. The van der Waals surface area contributed by atoms with E-state index >= 15 is 0 Å². The average molecular weight is 277 g/mol. The first-order valence-corrected chi connectivity index (χ1v) is 10.4. The molecule has 4 nitrogen and oxygen atoms in total. The Labute approximate surface area is 108 Å². The van der Waals surface area contributed by atoms with Crippen LogP contribution in [0.4, 0.5) is 0 Å². The molecule has 16 heavy (non-hydrogen) atoms. The Balaban J connectivity index is 2.61. The summed E-state index contributed by atoms with van der Waals surface area (Å²) in [5.41, 5.74) is 0. The van der Waals surface area contributed by atoms with Crippen LogP contribution in [0.25, 0.3) is 0 Å². The third kappa shape index (κ3) is 4.40. The Bertz CT molecular complexity index is 148. The van der Waals surface area contributed by atoms with Crippen LogP contribution in [0.1, 0.15) is 27.7 Å². The highest BCUT2D eigenvalue weighted by Crippen LogP contribution is 2.01. The van der Waals surface area contributed by atoms with Crippen LogP contribution in [0.5, 0.6) is 0 Å². The van der Waals surface area contributed by atoms with Gasteiger partial charge in [0.05, 0.1) is 0 Å². The van der Waals surface area contributed by atoms with E-state index in [0.717, 1.165) is 0 Å². The first kappa shape index (κ1) is 14.6. The van der Waals surface area contributed by atoms with E-state index in [1.165, 1.54) is 32.8 Å². The lowest BCUT2D eigenvalue weighted by Gasteiger charge is -2.40. The Morgan fingerprint density at radius 2 is 1.12 bits per heavy atom. The number of nitrogens with zero attached hydrogens (tertiary/aromatic N) is 4. The summed E-state index contributed by atoms with van der Waals surface area (Å²) in [5, 5.41) is 0. The first-order valence-electron chi connectivity index (χ1n) is 6.62. The van der Waals surface area contributed by atoms with Crippen LogP contribution < -0.4 is 0 Å². The molecule has 0 bridgehead atoms. The smallest absolute Gasteiger partial charge is 0.167 e. The lowest BCUT2D eigenvalue weighted by Crippen LogP contribution is -2.59. The fourth-order valence-corrected chi connectivity index (χ4v) is 11.0. The van der Waals surface area contributed by atoms with Gasteiger partial charge in [-0.05, 0) is 26.2 Å². The van der Waals surface area contributed by atoms with Gasteiger partial charge in [0.25, 0.3) is 0 Å². The molecule has 1 heterocycles. The molecule has 0 saturated carbocycles. The van der Waals surface area contributed by atoms with Crippen LogP contribution >= 0.6 is 0 Å². The molecule has 1 aliphatic heterocycles. The van der Waals surface area contributed by atoms with Gasteiger partial charge in [-0.15, -0.1) is 0 Å². The van der Waals surface area contributed by atoms with E-state index in [-0.39, 0.29) is 29.5 Å². The van der Waals surface area contributed by atoms with E-state index in [1.54, 1.807) is 0 Å². The Morgan fingerprint density at radius 3 is 1.44 bits per heavy atom. The summed E-state index contributed by atoms with van der Waals surface area (Å²) >= 11 is 0. The van der Waals surface area contributed by atoms with Crippen LogP contribution in [-0.4, -0.2) is 80.0 Å². The van der Waals surface area contributed by atoms with Gasteiger partial charge in [-0.2, -0.15) is 0 Å². The highest BCUT2D eigenvalue weighted by atomic mass is 28.3. The minimum Gasteiger partial charge on any atom is -0.332 e. The quantitative estimate of drug-likeness (QED) is 0.564. The molecule has 1 aliphatic rings. The van der Waals surface area contributed by atoms with Crippen LogP contribution in [0.3, 0.4) is 0 Å². The van der Waals surface area contributed by atoms with Gasteiger partial charge in [0.1, 0.15) is 0 Å². The van der Waals surface area contributed by atoms with Crippen molar-refractivity contribution in [3.05, 3.63) is 0 Å².